The van der Waals surface area contributed by atoms with Crippen molar-refractivity contribution in [2.75, 3.05) is 13.2 Å². The molecule has 0 heterocycles. The molecular weight excluding hydrogens is 410 g/mol. The quantitative estimate of drug-likeness (QED) is 0.408. The van der Waals surface area contributed by atoms with Gasteiger partial charge >= 0.3 is 26.2 Å². The molecule has 5 heteroatoms. The van der Waals surface area contributed by atoms with Crippen LogP contribution < -0.4 is 24.8 Å². The number of aliphatic hydroxyl groups excluding tert-OH is 2. The predicted molar refractivity (Wildman–Crippen MR) is 80.7 cm³/mol. The molecular formula is C18H24Cl2O2Zr. The van der Waals surface area contributed by atoms with Crippen LogP contribution in [0.1, 0.15) is 45.4 Å². The fourth-order valence-electron chi connectivity index (χ4n) is 3.04. The van der Waals surface area contributed by atoms with Gasteiger partial charge in [-0.3, -0.25) is 12.2 Å². The Hall–Kier alpha value is 0.343. The van der Waals surface area contributed by atoms with Crippen molar-refractivity contribution in [1.82, 2.24) is 0 Å². The largest absolute Gasteiger partial charge is 4.00 e. The smallest absolute Gasteiger partial charge is 1.00 e. The van der Waals surface area contributed by atoms with Gasteiger partial charge in [0.15, 0.2) is 0 Å². The van der Waals surface area contributed by atoms with Gasteiger partial charge in [-0.25, -0.2) is 22.3 Å². The molecule has 0 radical (unpaired) electrons. The van der Waals surface area contributed by atoms with Gasteiger partial charge < -0.3 is 35.0 Å². The fraction of sp³-hybridized carbons (Fsp3) is 0.556. The summed E-state index contributed by atoms with van der Waals surface area (Å²) >= 11 is 0. The number of allylic oxidation sites excluding steroid dienone is 8. The van der Waals surface area contributed by atoms with E-state index in [1.165, 1.54) is 22.3 Å². The molecule has 0 bridgehead atoms. The van der Waals surface area contributed by atoms with Crippen LogP contribution in [0.5, 0.6) is 0 Å². The third-order valence-corrected chi connectivity index (χ3v) is 4.07. The minimum absolute atomic E-state index is 0. The molecule has 0 aromatic heterocycles. The van der Waals surface area contributed by atoms with Crippen LogP contribution in [0.4, 0.5) is 0 Å². The first-order chi connectivity index (χ1) is 9.77. The summed E-state index contributed by atoms with van der Waals surface area (Å²) in [5, 5.41) is 18.0. The topological polar surface area (TPSA) is 40.5 Å². The first kappa shape index (κ1) is 25.6. The van der Waals surface area contributed by atoms with Gasteiger partial charge in [-0.05, 0) is 12.8 Å². The third kappa shape index (κ3) is 7.00. The van der Waals surface area contributed by atoms with Gasteiger partial charge in [0.05, 0.1) is 0 Å². The normalized spacial score (nSPS) is 15.8. The molecule has 0 aliphatic heterocycles. The van der Waals surface area contributed by atoms with Gasteiger partial charge in [-0.15, -0.1) is 18.8 Å². The van der Waals surface area contributed by atoms with Gasteiger partial charge in [0.2, 0.25) is 0 Å². The van der Waals surface area contributed by atoms with Crippen molar-refractivity contribution in [3.63, 3.8) is 0 Å². The van der Waals surface area contributed by atoms with E-state index >= 15 is 0 Å². The molecule has 0 unspecified atom stereocenters. The van der Waals surface area contributed by atoms with Crippen LogP contribution in [-0.4, -0.2) is 23.4 Å². The summed E-state index contributed by atoms with van der Waals surface area (Å²) in [6, 6.07) is 0. The number of hydrogen-bond acceptors (Lipinski definition) is 2. The SMILES string of the molecule is CC(C1=CC[C-]=C1CCCO)C1=CC[C-]=C1CCCO.[Cl-].[Cl-].[Zr+4]. The summed E-state index contributed by atoms with van der Waals surface area (Å²) in [6.07, 6.45) is 16.6. The predicted octanol–water partition coefficient (Wildman–Crippen LogP) is -2.71. The van der Waals surface area contributed by atoms with Crippen LogP contribution in [-0.2, 0) is 26.2 Å². The van der Waals surface area contributed by atoms with Crippen molar-refractivity contribution < 1.29 is 61.2 Å². The van der Waals surface area contributed by atoms with Crippen molar-refractivity contribution in [2.24, 2.45) is 5.92 Å². The second-order valence-corrected chi connectivity index (χ2v) is 5.41. The van der Waals surface area contributed by atoms with Gasteiger partial charge in [0.1, 0.15) is 0 Å². The Bertz CT molecular complexity index is 426. The van der Waals surface area contributed by atoms with Crippen molar-refractivity contribution in [3.05, 3.63) is 46.6 Å². The second-order valence-electron chi connectivity index (χ2n) is 5.41. The first-order valence-electron chi connectivity index (χ1n) is 7.60. The zero-order chi connectivity index (χ0) is 14.4. The number of rotatable bonds is 8. The molecule has 0 fully saturated rings. The fourth-order valence-corrected chi connectivity index (χ4v) is 3.04. The van der Waals surface area contributed by atoms with E-state index in [4.69, 9.17) is 10.2 Å². The van der Waals surface area contributed by atoms with Crippen LogP contribution in [0.3, 0.4) is 0 Å². The van der Waals surface area contributed by atoms with Gasteiger partial charge in [0.25, 0.3) is 0 Å². The molecule has 0 saturated carbocycles. The van der Waals surface area contributed by atoms with E-state index in [0.29, 0.717) is 5.92 Å². The molecule has 2 nitrogen and oxygen atoms in total. The van der Waals surface area contributed by atoms with E-state index in [0.717, 1.165) is 38.5 Å². The molecule has 2 N–H and O–H groups in total. The summed E-state index contributed by atoms with van der Waals surface area (Å²) in [4.78, 5) is 0. The van der Waals surface area contributed by atoms with E-state index in [-0.39, 0.29) is 64.2 Å². The first-order valence-corrected chi connectivity index (χ1v) is 7.60. The maximum atomic E-state index is 8.99. The summed E-state index contributed by atoms with van der Waals surface area (Å²) in [5.41, 5.74) is 5.30. The van der Waals surface area contributed by atoms with E-state index in [9.17, 15) is 0 Å². The van der Waals surface area contributed by atoms with E-state index in [1.807, 2.05) is 0 Å². The average Bonchev–Trinajstić information content (AvgIpc) is 3.10. The van der Waals surface area contributed by atoms with Gasteiger partial charge in [0, 0.05) is 13.2 Å². The molecule has 2 aliphatic rings. The molecule has 0 saturated heterocycles. The van der Waals surface area contributed by atoms with Crippen LogP contribution in [0, 0.1) is 18.1 Å². The maximum Gasteiger partial charge on any atom is 4.00 e. The molecule has 2 rings (SSSR count). The number of aliphatic hydroxyl groups is 2. The molecule has 126 valence electrons. The standard InChI is InChI=1S/C18H24O2.2ClH.Zr/c1-14(17-10-2-6-15(17)8-4-12-19)18-11-3-7-16(18)9-5-13-20;;;/h10-11,14,19-20H,2-5,8-9,12-13H2,1H3;2*1H;/q-2;;;+4/p-2. The van der Waals surface area contributed by atoms with Gasteiger partial charge in [-0.2, -0.15) is 12.2 Å². The third-order valence-electron chi connectivity index (χ3n) is 4.07. The van der Waals surface area contributed by atoms with Crippen molar-refractivity contribution in [2.45, 2.75) is 45.4 Å². The molecule has 0 aromatic carbocycles. The van der Waals surface area contributed by atoms with Crippen molar-refractivity contribution >= 4 is 0 Å². The second kappa shape index (κ2) is 13.6. The molecule has 0 amide bonds. The van der Waals surface area contributed by atoms with Crippen LogP contribution in [0.15, 0.2) is 34.4 Å². The summed E-state index contributed by atoms with van der Waals surface area (Å²) in [7, 11) is 0. The summed E-state index contributed by atoms with van der Waals surface area (Å²) in [6.45, 7) is 2.73. The van der Waals surface area contributed by atoms with Crippen molar-refractivity contribution in [1.29, 1.82) is 0 Å². The maximum absolute atomic E-state index is 8.99. The Balaban J connectivity index is 0. The Morgan fingerprint density at radius 1 is 0.913 bits per heavy atom. The minimum Gasteiger partial charge on any atom is -1.00 e. The Morgan fingerprint density at radius 3 is 1.65 bits per heavy atom. The average molecular weight is 435 g/mol. The number of hydrogen-bond donors (Lipinski definition) is 2. The monoisotopic (exact) mass is 432 g/mol. The number of halogens is 2. The summed E-state index contributed by atoms with van der Waals surface area (Å²) < 4.78 is 0. The summed E-state index contributed by atoms with van der Waals surface area (Å²) in [5.74, 6) is 0.377. The molecule has 0 atom stereocenters. The van der Waals surface area contributed by atoms with Crippen LogP contribution in [0.25, 0.3) is 0 Å². The van der Waals surface area contributed by atoms with E-state index in [2.05, 4.69) is 31.2 Å². The van der Waals surface area contributed by atoms with Crippen LogP contribution in [0.2, 0.25) is 0 Å². The Morgan fingerprint density at radius 2 is 1.30 bits per heavy atom. The molecule has 0 aromatic rings. The Labute approximate surface area is 171 Å². The minimum atomic E-state index is 0. The van der Waals surface area contributed by atoms with E-state index in [1.54, 1.807) is 0 Å². The molecule has 23 heavy (non-hydrogen) atoms. The van der Waals surface area contributed by atoms with Crippen molar-refractivity contribution in [3.8, 4) is 0 Å². The van der Waals surface area contributed by atoms with E-state index < -0.39 is 0 Å². The molecule has 0 spiro atoms. The zero-order valence-electron chi connectivity index (χ0n) is 13.5. The molecule has 2 aliphatic carbocycles. The van der Waals surface area contributed by atoms with Gasteiger partial charge in [-0.1, -0.05) is 19.8 Å². The zero-order valence-corrected chi connectivity index (χ0v) is 17.5. The Kier molecular flexibility index (Phi) is 15.1. The van der Waals surface area contributed by atoms with Crippen LogP contribution >= 0.6 is 0 Å².